The van der Waals surface area contributed by atoms with Crippen molar-refractivity contribution < 1.29 is 18.3 Å². The largest absolute Gasteiger partial charge is 0.453 e. The number of nitrogens with one attached hydrogen (secondary N) is 2. The Kier molecular flexibility index (Phi) is 7.11. The molecule has 5 rings (SSSR count). The summed E-state index contributed by atoms with van der Waals surface area (Å²) in [5.41, 5.74) is 2.73. The maximum Gasteiger partial charge on any atom is 0.230 e. The number of benzene rings is 2. The van der Waals surface area contributed by atoms with Crippen LogP contribution < -0.4 is 15.4 Å². The molecular weight excluding hydrogens is 514 g/mol. The van der Waals surface area contributed by atoms with Crippen LogP contribution in [-0.2, 0) is 11.2 Å². The number of amides is 1. The van der Waals surface area contributed by atoms with E-state index in [1.165, 1.54) is 47.7 Å². The molecule has 3 aromatic heterocycles. The summed E-state index contributed by atoms with van der Waals surface area (Å²) in [4.78, 5) is 21.6. The molecule has 2 N–H and O–H groups in total. The molecule has 3 heterocycles. The first-order valence-electron chi connectivity index (χ1n) is 11.1. The predicted octanol–water partition coefficient (Wildman–Crippen LogP) is 6.48. The molecule has 0 bridgehead atoms. The van der Waals surface area contributed by atoms with Gasteiger partial charge in [0.25, 0.3) is 0 Å². The van der Waals surface area contributed by atoms with Crippen LogP contribution in [0.15, 0.2) is 85.3 Å². The lowest BCUT2D eigenvalue weighted by atomic mass is 10.1. The molecule has 0 radical (unpaired) electrons. The van der Waals surface area contributed by atoms with Crippen molar-refractivity contribution in [2.45, 2.75) is 6.42 Å². The fourth-order valence-corrected chi connectivity index (χ4v) is 4.86. The predicted molar refractivity (Wildman–Crippen MR) is 144 cm³/mol. The third-order valence-electron chi connectivity index (χ3n) is 5.28. The number of nitrogens with zero attached hydrogens (tertiary/aromatic N) is 2. The fourth-order valence-electron chi connectivity index (χ4n) is 3.55. The Morgan fingerprint density at radius 2 is 1.73 bits per heavy atom. The first kappa shape index (κ1) is 24.4. The molecule has 0 spiro atoms. The van der Waals surface area contributed by atoms with E-state index < -0.39 is 5.82 Å². The van der Waals surface area contributed by atoms with Gasteiger partial charge in [0, 0.05) is 41.3 Å². The van der Waals surface area contributed by atoms with E-state index in [4.69, 9.17) is 17.0 Å². The molecule has 0 saturated carbocycles. The Balaban J connectivity index is 1.25. The zero-order chi connectivity index (χ0) is 25.8. The molecular formula is C27H18F2N4O2S2. The highest BCUT2D eigenvalue weighted by molar-refractivity contribution is 7.80. The van der Waals surface area contributed by atoms with E-state index in [0.29, 0.717) is 17.0 Å². The quantitative estimate of drug-likeness (QED) is 0.244. The first-order valence-corrected chi connectivity index (χ1v) is 12.3. The van der Waals surface area contributed by atoms with E-state index in [-0.39, 0.29) is 29.0 Å². The monoisotopic (exact) mass is 532 g/mol. The number of thiocarbonyl (C=S) groups is 1. The molecule has 2 aromatic carbocycles. The van der Waals surface area contributed by atoms with Crippen LogP contribution >= 0.6 is 23.6 Å². The van der Waals surface area contributed by atoms with Crippen molar-refractivity contribution in [2.24, 2.45) is 0 Å². The number of carbonyl (C=O) groups excluding carboxylic acids is 1. The van der Waals surface area contributed by atoms with Gasteiger partial charge in [0.05, 0.1) is 16.6 Å². The summed E-state index contributed by atoms with van der Waals surface area (Å²) in [5, 5.41) is 5.32. The zero-order valence-corrected chi connectivity index (χ0v) is 20.7. The van der Waals surface area contributed by atoms with Gasteiger partial charge in [-0.3, -0.25) is 14.8 Å². The number of pyridine rings is 2. The van der Waals surface area contributed by atoms with Crippen LogP contribution in [0.2, 0.25) is 0 Å². The molecule has 1 amide bonds. The minimum Gasteiger partial charge on any atom is -0.453 e. The Bertz CT molecular complexity index is 1590. The molecule has 184 valence electrons. The molecule has 0 aliphatic carbocycles. The number of ether oxygens (including phenoxy) is 1. The number of halogens is 2. The summed E-state index contributed by atoms with van der Waals surface area (Å²) >= 11 is 6.65. The van der Waals surface area contributed by atoms with Crippen molar-refractivity contribution >= 4 is 50.5 Å². The number of hydrogen-bond acceptors (Lipinski definition) is 6. The van der Waals surface area contributed by atoms with Gasteiger partial charge in [0.2, 0.25) is 5.91 Å². The summed E-state index contributed by atoms with van der Waals surface area (Å²) in [6, 6.07) is 17.3. The van der Waals surface area contributed by atoms with E-state index in [2.05, 4.69) is 20.6 Å². The van der Waals surface area contributed by atoms with Gasteiger partial charge in [-0.1, -0.05) is 12.1 Å². The second kappa shape index (κ2) is 10.8. The number of aromatic nitrogens is 2. The van der Waals surface area contributed by atoms with Crippen LogP contribution in [0.4, 0.5) is 14.5 Å². The summed E-state index contributed by atoms with van der Waals surface area (Å²) in [5.74, 6) is -0.856. The van der Waals surface area contributed by atoms with Crippen LogP contribution in [0, 0.1) is 11.6 Å². The summed E-state index contributed by atoms with van der Waals surface area (Å²) < 4.78 is 34.6. The van der Waals surface area contributed by atoms with Crippen LogP contribution in [0.25, 0.3) is 20.7 Å². The third-order valence-corrected chi connectivity index (χ3v) is 6.67. The molecule has 0 atom stereocenters. The molecule has 0 aliphatic rings. The molecule has 5 aromatic rings. The Labute approximate surface area is 220 Å². The van der Waals surface area contributed by atoms with Crippen molar-refractivity contribution in [1.82, 2.24) is 15.3 Å². The zero-order valence-electron chi connectivity index (χ0n) is 19.1. The lowest BCUT2D eigenvalue weighted by Crippen LogP contribution is -2.35. The second-order valence-corrected chi connectivity index (χ2v) is 9.38. The maximum atomic E-state index is 14.9. The molecule has 0 unspecified atom stereocenters. The lowest BCUT2D eigenvalue weighted by molar-refractivity contribution is -0.119. The number of anilines is 1. The van der Waals surface area contributed by atoms with Crippen LogP contribution in [0.3, 0.4) is 0 Å². The minimum absolute atomic E-state index is 0.0123. The molecule has 10 heteroatoms. The van der Waals surface area contributed by atoms with Gasteiger partial charge < -0.3 is 15.4 Å². The summed E-state index contributed by atoms with van der Waals surface area (Å²) in [7, 11) is 0. The third kappa shape index (κ3) is 5.93. The van der Waals surface area contributed by atoms with Crippen molar-refractivity contribution in [2.75, 3.05) is 5.32 Å². The molecule has 37 heavy (non-hydrogen) atoms. The highest BCUT2D eigenvalue weighted by atomic mass is 32.1. The molecule has 6 nitrogen and oxygen atoms in total. The summed E-state index contributed by atoms with van der Waals surface area (Å²) in [6.07, 6.45) is 5.08. The van der Waals surface area contributed by atoms with Crippen LogP contribution in [-0.4, -0.2) is 21.0 Å². The fraction of sp³-hybridized carbons (Fsp3) is 0.0370. The van der Waals surface area contributed by atoms with E-state index >= 15 is 0 Å². The van der Waals surface area contributed by atoms with Crippen LogP contribution in [0.1, 0.15) is 5.56 Å². The van der Waals surface area contributed by atoms with Gasteiger partial charge >= 0.3 is 0 Å². The van der Waals surface area contributed by atoms with Crippen molar-refractivity contribution in [1.29, 1.82) is 0 Å². The number of hydrogen-bond donors (Lipinski definition) is 2. The van der Waals surface area contributed by atoms with Gasteiger partial charge in [-0.05, 0) is 65.8 Å². The van der Waals surface area contributed by atoms with E-state index in [0.717, 1.165) is 20.7 Å². The Morgan fingerprint density at radius 1 is 0.946 bits per heavy atom. The highest BCUT2D eigenvalue weighted by Gasteiger charge is 2.14. The van der Waals surface area contributed by atoms with E-state index in [1.807, 2.05) is 18.2 Å². The Morgan fingerprint density at radius 3 is 2.49 bits per heavy atom. The standard InChI is InChI=1S/C27H18F2N4O2S2/c28-18-3-1-16(2-4-18)13-25(34)33-27(36)32-19-5-6-22(20(29)14-19)35-23-9-12-31-21-15-24(37-26(21)23)17-7-10-30-11-8-17/h1-12,14-15H,13H2,(H2,32,33,34,36). The van der Waals surface area contributed by atoms with Crippen molar-refractivity contribution in [3.05, 3.63) is 103 Å². The van der Waals surface area contributed by atoms with Gasteiger partial charge in [0.1, 0.15) is 11.6 Å². The number of fused-ring (bicyclic) bond motifs is 1. The lowest BCUT2D eigenvalue weighted by Gasteiger charge is -2.12. The Hall–Kier alpha value is -4.28. The van der Waals surface area contributed by atoms with Gasteiger partial charge in [-0.2, -0.15) is 0 Å². The van der Waals surface area contributed by atoms with Gasteiger partial charge in [0.15, 0.2) is 16.7 Å². The highest BCUT2D eigenvalue weighted by Crippen LogP contribution is 2.39. The summed E-state index contributed by atoms with van der Waals surface area (Å²) in [6.45, 7) is 0. The minimum atomic E-state index is -0.610. The van der Waals surface area contributed by atoms with Gasteiger partial charge in [-0.25, -0.2) is 8.78 Å². The smallest absolute Gasteiger partial charge is 0.230 e. The SMILES string of the molecule is O=C(Cc1ccc(F)cc1)NC(=S)Nc1ccc(Oc2ccnc3cc(-c4ccncc4)sc23)c(F)c1. The number of rotatable bonds is 6. The van der Waals surface area contributed by atoms with Crippen molar-refractivity contribution in [3.63, 3.8) is 0 Å². The van der Waals surface area contributed by atoms with E-state index in [9.17, 15) is 13.6 Å². The maximum absolute atomic E-state index is 14.9. The average Bonchev–Trinajstić information content (AvgIpc) is 3.33. The molecule has 0 fully saturated rings. The first-order chi connectivity index (χ1) is 17.9. The second-order valence-electron chi connectivity index (χ2n) is 7.92. The van der Waals surface area contributed by atoms with E-state index in [1.54, 1.807) is 30.7 Å². The number of thiophene rings is 1. The number of carbonyl (C=O) groups is 1. The van der Waals surface area contributed by atoms with Gasteiger partial charge in [-0.15, -0.1) is 11.3 Å². The normalized spacial score (nSPS) is 10.8. The average molecular weight is 533 g/mol. The van der Waals surface area contributed by atoms with Crippen LogP contribution in [0.5, 0.6) is 11.5 Å². The molecule has 0 aliphatic heterocycles. The molecule has 0 saturated heterocycles. The van der Waals surface area contributed by atoms with Crippen molar-refractivity contribution in [3.8, 4) is 21.9 Å². The topological polar surface area (TPSA) is 76.1 Å².